The molecule has 2 rings (SSSR count). The molecule has 0 spiro atoms. The molecule has 1 amide bonds. The van der Waals surface area contributed by atoms with Crippen LogP contribution in [0.2, 0.25) is 0 Å². The average molecular weight is 196 g/mol. The molecule has 13 heavy (non-hydrogen) atoms. The van der Waals surface area contributed by atoms with Gasteiger partial charge in [0, 0.05) is 18.5 Å². The van der Waals surface area contributed by atoms with Gasteiger partial charge in [0.25, 0.3) is 5.91 Å². The smallest absolute Gasteiger partial charge is 0.273 e. The number of aryl methyl sites for hydroxylation is 1. The highest BCUT2D eigenvalue weighted by atomic mass is 32.1. The summed E-state index contributed by atoms with van der Waals surface area (Å²) in [5, 5.41) is 2.80. The lowest BCUT2D eigenvalue weighted by atomic mass is 10.4. The Labute approximate surface area is 81.4 Å². The van der Waals surface area contributed by atoms with Crippen molar-refractivity contribution in [1.82, 2.24) is 9.88 Å². The molecule has 0 aromatic carbocycles. The van der Waals surface area contributed by atoms with E-state index in [-0.39, 0.29) is 5.91 Å². The quantitative estimate of drug-likeness (QED) is 0.684. The number of carbonyl (C=O) groups is 1. The molecule has 1 saturated heterocycles. The van der Waals surface area contributed by atoms with Gasteiger partial charge in [0.15, 0.2) is 0 Å². The van der Waals surface area contributed by atoms with Crippen molar-refractivity contribution in [2.24, 2.45) is 0 Å². The Morgan fingerprint density at radius 1 is 1.54 bits per heavy atom. The number of hydrogen-bond donors (Lipinski definition) is 0. The van der Waals surface area contributed by atoms with Crippen molar-refractivity contribution in [3.8, 4) is 0 Å². The summed E-state index contributed by atoms with van der Waals surface area (Å²) in [6, 6.07) is 0. The molecule has 1 aliphatic rings. The number of rotatable bonds is 1. The van der Waals surface area contributed by atoms with Crippen LogP contribution >= 0.6 is 11.3 Å². The Balaban J connectivity index is 2.12. The van der Waals surface area contributed by atoms with Crippen LogP contribution in [0.4, 0.5) is 0 Å². The predicted octanol–water partition coefficient (Wildman–Crippen LogP) is 1.69. The highest BCUT2D eigenvalue weighted by Crippen LogP contribution is 2.14. The fourth-order valence-corrected chi connectivity index (χ4v) is 2.13. The molecule has 0 atom stereocenters. The fourth-order valence-electron chi connectivity index (χ4n) is 1.54. The molecule has 3 nitrogen and oxygen atoms in total. The molecule has 2 heterocycles. The zero-order valence-electron chi connectivity index (χ0n) is 7.62. The number of aromatic nitrogens is 1. The van der Waals surface area contributed by atoms with Gasteiger partial charge in [0.1, 0.15) is 5.69 Å². The molecule has 0 unspecified atom stereocenters. The van der Waals surface area contributed by atoms with Gasteiger partial charge >= 0.3 is 0 Å². The second-order valence-electron chi connectivity index (χ2n) is 3.25. The summed E-state index contributed by atoms with van der Waals surface area (Å²) in [4.78, 5) is 17.8. The van der Waals surface area contributed by atoms with Gasteiger partial charge in [-0.25, -0.2) is 4.98 Å². The van der Waals surface area contributed by atoms with Crippen molar-refractivity contribution in [2.75, 3.05) is 13.1 Å². The van der Waals surface area contributed by atoms with Crippen molar-refractivity contribution in [3.05, 3.63) is 16.1 Å². The number of thiazole rings is 1. The van der Waals surface area contributed by atoms with Crippen molar-refractivity contribution in [1.29, 1.82) is 0 Å². The number of likely N-dealkylation sites (tertiary alicyclic amines) is 1. The van der Waals surface area contributed by atoms with Gasteiger partial charge in [-0.1, -0.05) is 0 Å². The first-order valence-electron chi connectivity index (χ1n) is 4.49. The predicted molar refractivity (Wildman–Crippen MR) is 52.0 cm³/mol. The zero-order valence-corrected chi connectivity index (χ0v) is 8.43. The summed E-state index contributed by atoms with van der Waals surface area (Å²) in [6.07, 6.45) is 2.27. The average Bonchev–Trinajstić information content (AvgIpc) is 2.72. The standard InChI is InChI=1S/C9H12N2OS/c1-7-10-8(6-13-7)9(12)11-4-2-3-5-11/h6H,2-5H2,1H3. The van der Waals surface area contributed by atoms with Gasteiger partial charge in [-0.15, -0.1) is 11.3 Å². The summed E-state index contributed by atoms with van der Waals surface area (Å²) in [6.45, 7) is 3.72. The molecular formula is C9H12N2OS. The topological polar surface area (TPSA) is 33.2 Å². The largest absolute Gasteiger partial charge is 0.337 e. The second kappa shape index (κ2) is 3.46. The van der Waals surface area contributed by atoms with E-state index in [1.807, 2.05) is 17.2 Å². The van der Waals surface area contributed by atoms with E-state index in [0.29, 0.717) is 5.69 Å². The molecule has 4 heteroatoms. The van der Waals surface area contributed by atoms with E-state index < -0.39 is 0 Å². The number of carbonyl (C=O) groups excluding carboxylic acids is 1. The first-order valence-corrected chi connectivity index (χ1v) is 5.37. The Morgan fingerprint density at radius 3 is 2.77 bits per heavy atom. The van der Waals surface area contributed by atoms with Crippen LogP contribution in [-0.2, 0) is 0 Å². The fraction of sp³-hybridized carbons (Fsp3) is 0.556. The normalized spacial score (nSPS) is 16.5. The van der Waals surface area contributed by atoms with Gasteiger partial charge < -0.3 is 4.90 Å². The molecule has 0 N–H and O–H groups in total. The molecule has 1 fully saturated rings. The van der Waals surface area contributed by atoms with Gasteiger partial charge in [0.05, 0.1) is 5.01 Å². The lowest BCUT2D eigenvalue weighted by Gasteiger charge is -2.12. The maximum absolute atomic E-state index is 11.7. The first kappa shape index (κ1) is 8.69. The molecule has 0 saturated carbocycles. The molecule has 0 bridgehead atoms. The molecule has 0 radical (unpaired) electrons. The highest BCUT2D eigenvalue weighted by molar-refractivity contribution is 7.09. The number of nitrogens with zero attached hydrogens (tertiary/aromatic N) is 2. The third-order valence-corrected chi connectivity index (χ3v) is 3.00. The zero-order chi connectivity index (χ0) is 9.26. The van der Waals surface area contributed by atoms with Crippen molar-refractivity contribution >= 4 is 17.2 Å². The van der Waals surface area contributed by atoms with E-state index in [0.717, 1.165) is 30.9 Å². The summed E-state index contributed by atoms with van der Waals surface area (Å²) in [5.74, 6) is 0.0989. The second-order valence-corrected chi connectivity index (χ2v) is 4.31. The van der Waals surface area contributed by atoms with Crippen LogP contribution in [0.3, 0.4) is 0 Å². The molecular weight excluding hydrogens is 184 g/mol. The number of amides is 1. The van der Waals surface area contributed by atoms with E-state index in [4.69, 9.17) is 0 Å². The maximum Gasteiger partial charge on any atom is 0.273 e. The minimum atomic E-state index is 0.0989. The van der Waals surface area contributed by atoms with Crippen LogP contribution in [0.1, 0.15) is 28.3 Å². The molecule has 1 aromatic heterocycles. The van der Waals surface area contributed by atoms with Gasteiger partial charge in [-0.2, -0.15) is 0 Å². The van der Waals surface area contributed by atoms with Gasteiger partial charge in [-0.3, -0.25) is 4.79 Å². The van der Waals surface area contributed by atoms with Crippen molar-refractivity contribution in [2.45, 2.75) is 19.8 Å². The summed E-state index contributed by atoms with van der Waals surface area (Å²) < 4.78 is 0. The Morgan fingerprint density at radius 2 is 2.23 bits per heavy atom. The van der Waals surface area contributed by atoms with Crippen LogP contribution in [0, 0.1) is 6.92 Å². The molecule has 0 aliphatic carbocycles. The van der Waals surface area contributed by atoms with E-state index in [1.54, 1.807) is 0 Å². The molecule has 1 aliphatic heterocycles. The van der Waals surface area contributed by atoms with E-state index >= 15 is 0 Å². The Bertz CT molecular complexity index is 315. The van der Waals surface area contributed by atoms with Gasteiger partial charge in [-0.05, 0) is 19.8 Å². The monoisotopic (exact) mass is 196 g/mol. The minimum Gasteiger partial charge on any atom is -0.337 e. The van der Waals surface area contributed by atoms with Crippen LogP contribution < -0.4 is 0 Å². The summed E-state index contributed by atoms with van der Waals surface area (Å²) in [7, 11) is 0. The molecule has 1 aromatic rings. The summed E-state index contributed by atoms with van der Waals surface area (Å²) in [5.41, 5.74) is 0.615. The minimum absolute atomic E-state index is 0.0989. The van der Waals surface area contributed by atoms with E-state index in [1.165, 1.54) is 11.3 Å². The third kappa shape index (κ3) is 1.72. The van der Waals surface area contributed by atoms with E-state index in [2.05, 4.69) is 4.98 Å². The molecule has 70 valence electrons. The van der Waals surface area contributed by atoms with Crippen molar-refractivity contribution in [3.63, 3.8) is 0 Å². The van der Waals surface area contributed by atoms with Crippen LogP contribution in [-0.4, -0.2) is 28.9 Å². The Kier molecular flexibility index (Phi) is 2.31. The summed E-state index contributed by atoms with van der Waals surface area (Å²) >= 11 is 1.53. The van der Waals surface area contributed by atoms with Crippen LogP contribution in [0.25, 0.3) is 0 Å². The van der Waals surface area contributed by atoms with Gasteiger partial charge in [0.2, 0.25) is 0 Å². The lowest BCUT2D eigenvalue weighted by molar-refractivity contribution is 0.0787. The van der Waals surface area contributed by atoms with Crippen LogP contribution in [0.5, 0.6) is 0 Å². The van der Waals surface area contributed by atoms with E-state index in [9.17, 15) is 4.79 Å². The first-order chi connectivity index (χ1) is 6.27. The Hall–Kier alpha value is -0.900. The third-order valence-electron chi connectivity index (χ3n) is 2.23. The lowest BCUT2D eigenvalue weighted by Crippen LogP contribution is -2.27. The SMILES string of the molecule is Cc1nc(C(=O)N2CCCC2)cs1. The number of hydrogen-bond acceptors (Lipinski definition) is 3. The maximum atomic E-state index is 11.7. The van der Waals surface area contributed by atoms with Crippen LogP contribution in [0.15, 0.2) is 5.38 Å². The van der Waals surface area contributed by atoms with Crippen molar-refractivity contribution < 1.29 is 4.79 Å². The highest BCUT2D eigenvalue weighted by Gasteiger charge is 2.20.